The van der Waals surface area contributed by atoms with Crippen molar-refractivity contribution in [2.45, 2.75) is 19.9 Å². The van der Waals surface area contributed by atoms with Crippen LogP contribution in [0, 0.1) is 6.92 Å². The fourth-order valence-corrected chi connectivity index (χ4v) is 3.06. The van der Waals surface area contributed by atoms with Crippen molar-refractivity contribution < 1.29 is 18.3 Å². The van der Waals surface area contributed by atoms with E-state index >= 15 is 0 Å². The molecule has 0 saturated heterocycles. The second-order valence-corrected chi connectivity index (χ2v) is 6.02. The van der Waals surface area contributed by atoms with Crippen LogP contribution in [-0.2, 0) is 16.1 Å². The number of hydrogen-bond donors (Lipinski definition) is 0. The Balaban J connectivity index is 2.26. The van der Waals surface area contributed by atoms with Crippen molar-refractivity contribution in [2.75, 3.05) is 26.8 Å². The molecule has 1 aromatic carbocycles. The molecule has 23 heavy (non-hydrogen) atoms. The van der Waals surface area contributed by atoms with E-state index in [1.807, 2.05) is 35.8 Å². The van der Waals surface area contributed by atoms with Crippen LogP contribution in [0.4, 0.5) is 8.78 Å². The highest BCUT2D eigenvalue weighted by Gasteiger charge is 2.20. The molecule has 7 heteroatoms. The minimum atomic E-state index is -2.56. The molecule has 1 aromatic heterocycles. The number of ether oxygens (including phenoxy) is 1. The summed E-state index contributed by atoms with van der Waals surface area (Å²) < 4.78 is 33.1. The van der Waals surface area contributed by atoms with Gasteiger partial charge in [0, 0.05) is 34.7 Å². The topological polar surface area (TPSA) is 34.5 Å². The number of hydrogen-bond acceptors (Lipinski definition) is 2. The number of aromatic nitrogens is 1. The molecule has 0 bridgehead atoms. The molecular formula is C16H19BrF2N2O2. The number of amides is 1. The first-order valence-electron chi connectivity index (χ1n) is 7.24. The summed E-state index contributed by atoms with van der Waals surface area (Å²) in [6.07, 6.45) is -2.56. The summed E-state index contributed by atoms with van der Waals surface area (Å²) in [5.74, 6) is -0.348. The van der Waals surface area contributed by atoms with Crippen molar-refractivity contribution >= 4 is 32.7 Å². The highest BCUT2D eigenvalue weighted by Crippen LogP contribution is 2.30. The largest absolute Gasteiger partial charge is 0.383 e. The summed E-state index contributed by atoms with van der Waals surface area (Å²) >= 11 is 3.53. The van der Waals surface area contributed by atoms with Crippen molar-refractivity contribution in [2.24, 2.45) is 0 Å². The van der Waals surface area contributed by atoms with Crippen LogP contribution in [0.5, 0.6) is 0 Å². The Morgan fingerprint density at radius 2 is 2.09 bits per heavy atom. The number of rotatable bonds is 7. The van der Waals surface area contributed by atoms with Gasteiger partial charge in [-0.05, 0) is 28.9 Å². The maximum Gasteiger partial charge on any atom is 0.255 e. The van der Waals surface area contributed by atoms with Crippen LogP contribution in [0.25, 0.3) is 10.9 Å². The lowest BCUT2D eigenvalue weighted by Crippen LogP contribution is -2.39. The lowest BCUT2D eigenvalue weighted by molar-refractivity contribution is -0.134. The molecule has 2 rings (SSSR count). The first kappa shape index (κ1) is 17.9. The number of alkyl halides is 2. The molecule has 4 nitrogen and oxygen atoms in total. The molecule has 1 amide bonds. The molecular weight excluding hydrogens is 370 g/mol. The fourth-order valence-electron chi connectivity index (χ4n) is 2.51. The van der Waals surface area contributed by atoms with E-state index in [2.05, 4.69) is 15.9 Å². The van der Waals surface area contributed by atoms with Crippen LogP contribution in [0.3, 0.4) is 0 Å². The van der Waals surface area contributed by atoms with Gasteiger partial charge in [0.25, 0.3) is 6.43 Å². The van der Waals surface area contributed by atoms with E-state index in [-0.39, 0.29) is 25.6 Å². The summed E-state index contributed by atoms with van der Waals surface area (Å²) in [5.41, 5.74) is 1.79. The molecule has 0 spiro atoms. The number of benzene rings is 1. The van der Waals surface area contributed by atoms with E-state index in [4.69, 9.17) is 4.74 Å². The first-order chi connectivity index (χ1) is 11.0. The molecule has 0 saturated carbocycles. The molecule has 0 aliphatic rings. The minimum Gasteiger partial charge on any atom is -0.383 e. The predicted octanol–water partition coefficient (Wildman–Crippen LogP) is 3.45. The molecule has 126 valence electrons. The summed E-state index contributed by atoms with van der Waals surface area (Å²) in [4.78, 5) is 13.6. The van der Waals surface area contributed by atoms with Crippen molar-refractivity contribution in [3.63, 3.8) is 0 Å². The molecule has 0 aliphatic carbocycles. The smallest absolute Gasteiger partial charge is 0.255 e. The second kappa shape index (κ2) is 7.88. The molecule has 0 N–H and O–H groups in total. The van der Waals surface area contributed by atoms with Crippen LogP contribution in [-0.4, -0.2) is 48.6 Å². The Bertz CT molecular complexity index is 688. The van der Waals surface area contributed by atoms with Gasteiger partial charge in [0.1, 0.15) is 6.54 Å². The third kappa shape index (κ3) is 4.09. The summed E-state index contributed by atoms with van der Waals surface area (Å²) in [5, 5.41) is 0.995. The van der Waals surface area contributed by atoms with Crippen molar-refractivity contribution in [1.82, 2.24) is 9.47 Å². The maximum absolute atomic E-state index is 12.7. The third-order valence-electron chi connectivity index (χ3n) is 3.72. The molecule has 0 fully saturated rings. The van der Waals surface area contributed by atoms with Gasteiger partial charge >= 0.3 is 0 Å². The number of methoxy groups -OCH3 is 1. The van der Waals surface area contributed by atoms with Gasteiger partial charge in [-0.2, -0.15) is 0 Å². The monoisotopic (exact) mass is 388 g/mol. The van der Waals surface area contributed by atoms with Crippen molar-refractivity contribution in [3.8, 4) is 0 Å². The molecule has 2 aromatic rings. The van der Waals surface area contributed by atoms with Gasteiger partial charge in [-0.15, -0.1) is 0 Å². The highest BCUT2D eigenvalue weighted by molar-refractivity contribution is 9.10. The predicted molar refractivity (Wildman–Crippen MR) is 88.8 cm³/mol. The fraction of sp³-hybridized carbons (Fsp3) is 0.438. The van der Waals surface area contributed by atoms with Crippen molar-refractivity contribution in [1.29, 1.82) is 0 Å². The number of para-hydroxylation sites is 1. The normalized spacial score (nSPS) is 11.4. The van der Waals surface area contributed by atoms with Gasteiger partial charge in [0.2, 0.25) is 5.91 Å². The van der Waals surface area contributed by atoms with E-state index in [1.165, 1.54) is 7.11 Å². The van der Waals surface area contributed by atoms with Crippen molar-refractivity contribution in [3.05, 3.63) is 34.4 Å². The Kier molecular flexibility index (Phi) is 6.12. The second-order valence-electron chi connectivity index (χ2n) is 5.23. The highest BCUT2D eigenvalue weighted by atomic mass is 79.9. The van der Waals surface area contributed by atoms with Crippen LogP contribution in [0.1, 0.15) is 5.69 Å². The Hall–Kier alpha value is -1.47. The SMILES string of the molecule is COCCN(CC(F)F)C(=O)Cn1c(C)c(Br)c2ccccc21. The van der Waals surface area contributed by atoms with E-state index in [9.17, 15) is 13.6 Å². The van der Waals surface area contributed by atoms with Gasteiger partial charge in [0.05, 0.1) is 13.2 Å². The number of carbonyl (C=O) groups is 1. The van der Waals surface area contributed by atoms with Gasteiger partial charge in [0.15, 0.2) is 0 Å². The standard InChI is InChI=1S/C16H19BrF2N2O2/c1-11-16(17)12-5-3-4-6-13(12)21(11)10-15(22)20(7-8-23-2)9-14(18)19/h3-6,14H,7-10H2,1-2H3. The lowest BCUT2D eigenvalue weighted by Gasteiger charge is -2.23. The first-order valence-corrected chi connectivity index (χ1v) is 8.03. The van der Waals surface area contributed by atoms with E-state index < -0.39 is 13.0 Å². The maximum atomic E-state index is 12.7. The van der Waals surface area contributed by atoms with Crippen LogP contribution >= 0.6 is 15.9 Å². The molecule has 0 aliphatic heterocycles. The molecule has 0 unspecified atom stereocenters. The van der Waals surface area contributed by atoms with Crippen LogP contribution < -0.4 is 0 Å². The van der Waals surface area contributed by atoms with Gasteiger partial charge in [-0.1, -0.05) is 18.2 Å². The Morgan fingerprint density at radius 3 is 2.74 bits per heavy atom. The number of halogens is 3. The third-order valence-corrected chi connectivity index (χ3v) is 4.72. The number of carbonyl (C=O) groups excluding carboxylic acids is 1. The molecule has 0 atom stereocenters. The van der Waals surface area contributed by atoms with Crippen LogP contribution in [0.2, 0.25) is 0 Å². The average Bonchev–Trinajstić information content (AvgIpc) is 2.76. The Morgan fingerprint density at radius 1 is 1.39 bits per heavy atom. The summed E-state index contributed by atoms with van der Waals surface area (Å²) in [7, 11) is 1.48. The zero-order valence-corrected chi connectivity index (χ0v) is 14.6. The minimum absolute atomic E-state index is 0.0222. The van der Waals surface area contributed by atoms with E-state index in [0.717, 1.165) is 26.0 Å². The number of fused-ring (bicyclic) bond motifs is 1. The average molecular weight is 389 g/mol. The van der Waals surface area contributed by atoms with Gasteiger partial charge in [-0.3, -0.25) is 4.79 Å². The van der Waals surface area contributed by atoms with E-state index in [0.29, 0.717) is 0 Å². The zero-order valence-electron chi connectivity index (χ0n) is 13.1. The van der Waals surface area contributed by atoms with Crippen LogP contribution in [0.15, 0.2) is 28.7 Å². The lowest BCUT2D eigenvalue weighted by atomic mass is 10.2. The summed E-state index contributed by atoms with van der Waals surface area (Å²) in [6, 6.07) is 7.67. The molecule has 0 radical (unpaired) electrons. The zero-order chi connectivity index (χ0) is 17.0. The van der Waals surface area contributed by atoms with E-state index in [1.54, 1.807) is 0 Å². The quantitative estimate of drug-likeness (QED) is 0.727. The van der Waals surface area contributed by atoms with Gasteiger partial charge in [-0.25, -0.2) is 8.78 Å². The summed E-state index contributed by atoms with van der Waals surface area (Å²) in [6.45, 7) is 1.71. The molecule has 1 heterocycles. The Labute approximate surface area is 142 Å². The van der Waals surface area contributed by atoms with Gasteiger partial charge < -0.3 is 14.2 Å². The number of nitrogens with zero attached hydrogens (tertiary/aromatic N) is 2.